The van der Waals surface area contributed by atoms with Crippen LogP contribution in [0.4, 0.5) is 0 Å². The van der Waals surface area contributed by atoms with Crippen LogP contribution in [0.5, 0.6) is 0 Å². The summed E-state index contributed by atoms with van der Waals surface area (Å²) in [5.41, 5.74) is 1.56. The van der Waals surface area contributed by atoms with E-state index in [1.807, 2.05) is 19.9 Å². The van der Waals surface area contributed by atoms with Crippen LogP contribution in [0.2, 0.25) is 0 Å². The number of amides is 1. The van der Waals surface area contributed by atoms with E-state index >= 15 is 0 Å². The van der Waals surface area contributed by atoms with Crippen molar-refractivity contribution in [2.24, 2.45) is 0 Å². The first-order chi connectivity index (χ1) is 9.20. The zero-order valence-electron chi connectivity index (χ0n) is 12.0. The zero-order chi connectivity index (χ0) is 13.7. The van der Waals surface area contributed by atoms with Crippen LogP contribution in [0.25, 0.3) is 0 Å². The second kappa shape index (κ2) is 6.70. The molecule has 0 unspecified atom stereocenters. The Morgan fingerprint density at radius 3 is 2.79 bits per heavy atom. The normalized spacial score (nSPS) is 16.5. The van der Waals surface area contributed by atoms with Gasteiger partial charge in [0.25, 0.3) is 5.91 Å². The molecule has 0 aromatic carbocycles. The Labute approximate surface area is 115 Å². The average Bonchev–Trinajstić information content (AvgIpc) is 2.81. The number of nitrogens with zero attached hydrogens (tertiary/aromatic N) is 3. The number of carbonyl (C=O) groups excluding carboxylic acids is 1. The van der Waals surface area contributed by atoms with Crippen LogP contribution in [0, 0.1) is 6.92 Å². The Morgan fingerprint density at radius 2 is 2.11 bits per heavy atom. The fourth-order valence-electron chi connectivity index (χ4n) is 2.57. The number of nitrogens with one attached hydrogen (secondary N) is 1. The van der Waals surface area contributed by atoms with Crippen molar-refractivity contribution < 1.29 is 4.79 Å². The van der Waals surface area contributed by atoms with Gasteiger partial charge < -0.3 is 10.2 Å². The Kier molecular flexibility index (Phi) is 4.96. The summed E-state index contributed by atoms with van der Waals surface area (Å²) in [6.07, 6.45) is 3.92. The molecule has 1 N–H and O–H groups in total. The van der Waals surface area contributed by atoms with Crippen molar-refractivity contribution in [2.45, 2.75) is 39.7 Å². The molecule has 5 nitrogen and oxygen atoms in total. The molecule has 0 saturated carbocycles. The van der Waals surface area contributed by atoms with Gasteiger partial charge in [-0.15, -0.1) is 0 Å². The quantitative estimate of drug-likeness (QED) is 0.875. The van der Waals surface area contributed by atoms with Gasteiger partial charge in [0.1, 0.15) is 5.69 Å². The molecule has 106 valence electrons. The Balaban J connectivity index is 1.80. The van der Waals surface area contributed by atoms with E-state index in [0.717, 1.165) is 18.8 Å². The predicted octanol–water partition coefficient (Wildman–Crippen LogP) is 1.43. The van der Waals surface area contributed by atoms with Crippen LogP contribution in [0.15, 0.2) is 6.07 Å². The number of hydrogen-bond acceptors (Lipinski definition) is 3. The summed E-state index contributed by atoms with van der Waals surface area (Å²) in [5, 5.41) is 7.29. The highest BCUT2D eigenvalue weighted by Gasteiger charge is 2.14. The Bertz CT molecular complexity index is 421. The lowest BCUT2D eigenvalue weighted by Gasteiger charge is -2.26. The number of piperidine rings is 1. The maximum absolute atomic E-state index is 12.1. The number of aromatic nitrogens is 2. The lowest BCUT2D eigenvalue weighted by Crippen LogP contribution is -2.38. The van der Waals surface area contributed by atoms with E-state index in [1.165, 1.54) is 32.4 Å². The molecule has 2 heterocycles. The molecule has 0 bridgehead atoms. The molecule has 0 atom stereocenters. The molecule has 19 heavy (non-hydrogen) atoms. The third-order valence-electron chi connectivity index (χ3n) is 3.60. The minimum atomic E-state index is -0.0144. The molecule has 5 heteroatoms. The first-order valence-corrected chi connectivity index (χ1v) is 7.25. The smallest absolute Gasteiger partial charge is 0.269 e. The van der Waals surface area contributed by atoms with Gasteiger partial charge in [-0.05, 0) is 45.8 Å². The monoisotopic (exact) mass is 264 g/mol. The molecule has 0 spiro atoms. The van der Waals surface area contributed by atoms with E-state index in [4.69, 9.17) is 0 Å². The van der Waals surface area contributed by atoms with E-state index < -0.39 is 0 Å². The molecule has 1 aromatic heterocycles. The van der Waals surface area contributed by atoms with Gasteiger partial charge in [0.2, 0.25) is 0 Å². The van der Waals surface area contributed by atoms with Gasteiger partial charge in [0.05, 0.1) is 5.69 Å². The number of aryl methyl sites for hydroxylation is 2. The summed E-state index contributed by atoms with van der Waals surface area (Å²) in [4.78, 5) is 14.5. The molecular weight excluding hydrogens is 240 g/mol. The largest absolute Gasteiger partial charge is 0.349 e. The average molecular weight is 264 g/mol. The second-order valence-corrected chi connectivity index (χ2v) is 5.14. The molecule has 0 aliphatic carbocycles. The van der Waals surface area contributed by atoms with Gasteiger partial charge in [-0.3, -0.25) is 9.48 Å². The summed E-state index contributed by atoms with van der Waals surface area (Å²) in [6.45, 7) is 8.64. The highest BCUT2D eigenvalue weighted by atomic mass is 16.2. The van der Waals surface area contributed by atoms with Crippen molar-refractivity contribution in [2.75, 3.05) is 26.2 Å². The Hall–Kier alpha value is -1.36. The number of likely N-dealkylation sites (tertiary alicyclic amines) is 1. The van der Waals surface area contributed by atoms with Crippen LogP contribution in [-0.4, -0.2) is 46.8 Å². The van der Waals surface area contributed by atoms with Crippen molar-refractivity contribution in [1.29, 1.82) is 0 Å². The van der Waals surface area contributed by atoms with E-state index in [2.05, 4.69) is 15.3 Å². The Morgan fingerprint density at radius 1 is 1.37 bits per heavy atom. The van der Waals surface area contributed by atoms with E-state index in [-0.39, 0.29) is 5.91 Å². The maximum atomic E-state index is 12.1. The summed E-state index contributed by atoms with van der Waals surface area (Å²) >= 11 is 0. The van der Waals surface area contributed by atoms with Crippen molar-refractivity contribution in [1.82, 2.24) is 20.0 Å². The van der Waals surface area contributed by atoms with Gasteiger partial charge in [0.15, 0.2) is 0 Å². The molecule has 1 fully saturated rings. The third-order valence-corrected chi connectivity index (χ3v) is 3.60. The lowest BCUT2D eigenvalue weighted by molar-refractivity contribution is 0.0936. The topological polar surface area (TPSA) is 50.2 Å². The molecule has 1 aromatic rings. The molecule has 1 aliphatic rings. The minimum Gasteiger partial charge on any atom is -0.349 e. The van der Waals surface area contributed by atoms with Crippen LogP contribution >= 0.6 is 0 Å². The lowest BCUT2D eigenvalue weighted by atomic mass is 10.1. The van der Waals surface area contributed by atoms with E-state index in [1.54, 1.807) is 4.68 Å². The van der Waals surface area contributed by atoms with Crippen molar-refractivity contribution in [3.63, 3.8) is 0 Å². The summed E-state index contributed by atoms with van der Waals surface area (Å²) in [6, 6.07) is 1.85. The summed E-state index contributed by atoms with van der Waals surface area (Å²) < 4.78 is 1.76. The molecular formula is C14H24N4O. The zero-order valence-corrected chi connectivity index (χ0v) is 12.0. The van der Waals surface area contributed by atoms with Crippen LogP contribution in [-0.2, 0) is 6.54 Å². The van der Waals surface area contributed by atoms with Crippen LogP contribution in [0.3, 0.4) is 0 Å². The van der Waals surface area contributed by atoms with Gasteiger partial charge in [0, 0.05) is 19.6 Å². The molecule has 2 rings (SSSR count). The third kappa shape index (κ3) is 3.80. The van der Waals surface area contributed by atoms with Gasteiger partial charge >= 0.3 is 0 Å². The highest BCUT2D eigenvalue weighted by molar-refractivity contribution is 5.92. The number of rotatable bonds is 5. The maximum Gasteiger partial charge on any atom is 0.269 e. The van der Waals surface area contributed by atoms with Crippen molar-refractivity contribution in [3.05, 3.63) is 17.5 Å². The molecule has 0 radical (unpaired) electrons. The SMILES string of the molecule is CCn1nc(C)cc1C(=O)NCCN1CCCCC1. The predicted molar refractivity (Wildman–Crippen MR) is 75.3 cm³/mol. The molecule has 1 saturated heterocycles. The highest BCUT2D eigenvalue weighted by Crippen LogP contribution is 2.07. The minimum absolute atomic E-state index is 0.0144. The fraction of sp³-hybridized carbons (Fsp3) is 0.714. The second-order valence-electron chi connectivity index (χ2n) is 5.14. The standard InChI is InChI=1S/C14H24N4O/c1-3-18-13(11-12(2)16-18)14(19)15-7-10-17-8-5-4-6-9-17/h11H,3-10H2,1-2H3,(H,15,19). The van der Waals surface area contributed by atoms with Crippen molar-refractivity contribution in [3.8, 4) is 0 Å². The number of carbonyl (C=O) groups is 1. The van der Waals surface area contributed by atoms with Gasteiger partial charge in [-0.1, -0.05) is 6.42 Å². The van der Waals surface area contributed by atoms with Crippen molar-refractivity contribution >= 4 is 5.91 Å². The molecule has 1 amide bonds. The van der Waals surface area contributed by atoms with Gasteiger partial charge in [-0.2, -0.15) is 5.10 Å². The summed E-state index contributed by atoms with van der Waals surface area (Å²) in [5.74, 6) is -0.0144. The van der Waals surface area contributed by atoms with Gasteiger partial charge in [-0.25, -0.2) is 0 Å². The van der Waals surface area contributed by atoms with Crippen LogP contribution < -0.4 is 5.32 Å². The molecule has 1 aliphatic heterocycles. The van der Waals surface area contributed by atoms with E-state index in [0.29, 0.717) is 12.2 Å². The first-order valence-electron chi connectivity index (χ1n) is 7.25. The van der Waals surface area contributed by atoms with E-state index in [9.17, 15) is 4.79 Å². The van der Waals surface area contributed by atoms with Crippen LogP contribution in [0.1, 0.15) is 42.4 Å². The fourth-order valence-corrected chi connectivity index (χ4v) is 2.57. The number of hydrogen-bond donors (Lipinski definition) is 1. The summed E-state index contributed by atoms with van der Waals surface area (Å²) in [7, 11) is 0. The first kappa shape index (κ1) is 14.1.